The lowest BCUT2D eigenvalue weighted by Crippen LogP contribution is -2.23. The molecule has 3 aromatic heterocycles. The van der Waals surface area contributed by atoms with E-state index in [4.69, 9.17) is 4.52 Å². The van der Waals surface area contributed by atoms with Crippen LogP contribution in [0.5, 0.6) is 0 Å². The van der Waals surface area contributed by atoms with Crippen LogP contribution in [0.1, 0.15) is 72.5 Å². The summed E-state index contributed by atoms with van der Waals surface area (Å²) in [5.74, 6) is 2.18. The molecule has 33 heavy (non-hydrogen) atoms. The number of hydrogen-bond acceptors (Lipinski definition) is 6. The molecule has 8 nitrogen and oxygen atoms in total. The Hall–Kier alpha value is -3.81. The minimum atomic E-state index is -0.171. The molecule has 0 bridgehead atoms. The standard InChI is InChI=1S/C25H28N6O2/c1-15(2)19-8-6-18(7-9-19)12-27-24(32)21-14-28-31(17(21)5)22-11-10-20(13-26-22)25-29-23(16(3)4)30-33-25/h6-11,13-16H,12H2,1-5H3,(H,27,32). The van der Waals surface area contributed by atoms with E-state index < -0.39 is 0 Å². The number of rotatable bonds is 7. The monoisotopic (exact) mass is 444 g/mol. The summed E-state index contributed by atoms with van der Waals surface area (Å²) < 4.78 is 6.96. The van der Waals surface area contributed by atoms with Gasteiger partial charge < -0.3 is 9.84 Å². The summed E-state index contributed by atoms with van der Waals surface area (Å²) in [5.41, 5.74) is 4.28. The second-order valence-corrected chi connectivity index (χ2v) is 8.65. The highest BCUT2D eigenvalue weighted by molar-refractivity contribution is 5.95. The van der Waals surface area contributed by atoms with Gasteiger partial charge in [0.25, 0.3) is 11.8 Å². The van der Waals surface area contributed by atoms with Gasteiger partial charge in [-0.25, -0.2) is 9.67 Å². The van der Waals surface area contributed by atoms with Gasteiger partial charge in [0.15, 0.2) is 11.6 Å². The molecular weight excluding hydrogens is 416 g/mol. The molecule has 0 aliphatic heterocycles. The van der Waals surface area contributed by atoms with Crippen LogP contribution in [-0.2, 0) is 6.54 Å². The SMILES string of the molecule is Cc1c(C(=O)NCc2ccc(C(C)C)cc2)cnn1-c1ccc(-c2nc(C(C)C)no2)cn1. The maximum atomic E-state index is 12.7. The lowest BCUT2D eigenvalue weighted by molar-refractivity contribution is 0.0950. The first-order valence-electron chi connectivity index (χ1n) is 11.1. The van der Waals surface area contributed by atoms with E-state index in [2.05, 4.69) is 51.5 Å². The smallest absolute Gasteiger partial charge is 0.259 e. The number of amides is 1. The number of carbonyl (C=O) groups is 1. The van der Waals surface area contributed by atoms with Crippen LogP contribution in [0.2, 0.25) is 0 Å². The number of hydrogen-bond donors (Lipinski definition) is 1. The molecule has 0 aliphatic carbocycles. The number of pyridine rings is 1. The van der Waals surface area contributed by atoms with E-state index in [9.17, 15) is 4.79 Å². The average molecular weight is 445 g/mol. The molecule has 1 N–H and O–H groups in total. The maximum absolute atomic E-state index is 12.7. The minimum Gasteiger partial charge on any atom is -0.348 e. The minimum absolute atomic E-state index is 0.171. The average Bonchev–Trinajstić information content (AvgIpc) is 3.45. The van der Waals surface area contributed by atoms with E-state index in [1.165, 1.54) is 5.56 Å². The summed E-state index contributed by atoms with van der Waals surface area (Å²) in [6.07, 6.45) is 3.23. The van der Waals surface area contributed by atoms with Gasteiger partial charge >= 0.3 is 0 Å². The van der Waals surface area contributed by atoms with Crippen LogP contribution >= 0.6 is 0 Å². The number of aromatic nitrogens is 5. The van der Waals surface area contributed by atoms with Gasteiger partial charge in [-0.15, -0.1) is 0 Å². The van der Waals surface area contributed by atoms with Gasteiger partial charge in [0.05, 0.1) is 23.0 Å². The zero-order chi connectivity index (χ0) is 23.5. The number of benzene rings is 1. The second-order valence-electron chi connectivity index (χ2n) is 8.65. The summed E-state index contributed by atoms with van der Waals surface area (Å²) in [7, 11) is 0. The molecule has 0 unspecified atom stereocenters. The Morgan fingerprint density at radius 2 is 1.79 bits per heavy atom. The first-order valence-corrected chi connectivity index (χ1v) is 11.1. The Balaban J connectivity index is 1.44. The maximum Gasteiger partial charge on any atom is 0.259 e. The molecule has 4 rings (SSSR count). The Labute approximate surface area is 193 Å². The van der Waals surface area contributed by atoms with Crippen molar-refractivity contribution in [3.63, 3.8) is 0 Å². The fourth-order valence-corrected chi connectivity index (χ4v) is 3.39. The second kappa shape index (κ2) is 9.36. The lowest BCUT2D eigenvalue weighted by Gasteiger charge is -2.08. The van der Waals surface area contributed by atoms with Crippen molar-refractivity contribution in [3.8, 4) is 17.3 Å². The molecule has 170 valence electrons. The highest BCUT2D eigenvalue weighted by Gasteiger charge is 2.17. The Morgan fingerprint density at radius 3 is 2.39 bits per heavy atom. The van der Waals surface area contributed by atoms with Crippen LogP contribution < -0.4 is 5.32 Å². The molecule has 0 saturated carbocycles. The van der Waals surface area contributed by atoms with Crippen molar-refractivity contribution in [3.05, 3.63) is 77.0 Å². The molecule has 0 fully saturated rings. The molecule has 1 amide bonds. The topological polar surface area (TPSA) is 98.7 Å². The van der Waals surface area contributed by atoms with Gasteiger partial charge in [-0.1, -0.05) is 57.1 Å². The van der Waals surface area contributed by atoms with E-state index in [0.717, 1.165) is 11.1 Å². The predicted molar refractivity (Wildman–Crippen MR) is 125 cm³/mol. The largest absolute Gasteiger partial charge is 0.348 e. The van der Waals surface area contributed by atoms with Gasteiger partial charge in [-0.05, 0) is 36.1 Å². The zero-order valence-corrected chi connectivity index (χ0v) is 19.5. The van der Waals surface area contributed by atoms with E-state index in [-0.39, 0.29) is 11.8 Å². The lowest BCUT2D eigenvalue weighted by atomic mass is 10.0. The molecule has 3 heterocycles. The van der Waals surface area contributed by atoms with Gasteiger partial charge in [0.1, 0.15) is 0 Å². The third kappa shape index (κ3) is 4.84. The number of nitrogens with one attached hydrogen (secondary N) is 1. The van der Waals surface area contributed by atoms with Crippen LogP contribution in [0.15, 0.2) is 53.3 Å². The Bertz CT molecular complexity index is 1240. The van der Waals surface area contributed by atoms with Gasteiger partial charge in [-0.2, -0.15) is 10.1 Å². The molecule has 8 heteroatoms. The highest BCUT2D eigenvalue weighted by atomic mass is 16.5. The molecule has 1 aromatic carbocycles. The van der Waals surface area contributed by atoms with E-state index >= 15 is 0 Å². The van der Waals surface area contributed by atoms with Crippen LogP contribution in [0.4, 0.5) is 0 Å². The molecule has 0 spiro atoms. The van der Waals surface area contributed by atoms with Gasteiger partial charge in [0, 0.05) is 18.7 Å². The highest BCUT2D eigenvalue weighted by Crippen LogP contribution is 2.21. The third-order valence-electron chi connectivity index (χ3n) is 5.52. The van der Waals surface area contributed by atoms with E-state index in [1.54, 1.807) is 17.1 Å². The van der Waals surface area contributed by atoms with Gasteiger partial charge in [-0.3, -0.25) is 4.79 Å². The molecule has 0 saturated heterocycles. The predicted octanol–water partition coefficient (Wildman–Crippen LogP) is 4.80. The Morgan fingerprint density at radius 1 is 1.03 bits per heavy atom. The van der Waals surface area contributed by atoms with E-state index in [1.807, 2.05) is 45.0 Å². The number of carbonyl (C=O) groups excluding carboxylic acids is 1. The molecule has 4 aromatic rings. The molecular formula is C25H28N6O2. The molecule has 0 aliphatic rings. The summed E-state index contributed by atoms with van der Waals surface area (Å²) in [6.45, 7) is 10.6. The fourth-order valence-electron chi connectivity index (χ4n) is 3.39. The Kier molecular flexibility index (Phi) is 6.35. The van der Waals surface area contributed by atoms with Crippen LogP contribution in [0, 0.1) is 6.92 Å². The fraction of sp³-hybridized carbons (Fsp3) is 0.320. The zero-order valence-electron chi connectivity index (χ0n) is 19.5. The van der Waals surface area contributed by atoms with Crippen molar-refractivity contribution in [2.75, 3.05) is 0 Å². The van der Waals surface area contributed by atoms with Crippen LogP contribution in [0.25, 0.3) is 17.3 Å². The van der Waals surface area contributed by atoms with Crippen molar-refractivity contribution in [2.45, 2.75) is 53.0 Å². The molecule has 0 atom stereocenters. The first-order chi connectivity index (χ1) is 15.8. The number of nitrogens with zero attached hydrogens (tertiary/aromatic N) is 5. The first kappa shape index (κ1) is 22.4. The summed E-state index contributed by atoms with van der Waals surface area (Å²) in [4.78, 5) is 21.6. The summed E-state index contributed by atoms with van der Waals surface area (Å²) >= 11 is 0. The van der Waals surface area contributed by atoms with Crippen molar-refractivity contribution in [1.82, 2.24) is 30.2 Å². The third-order valence-corrected chi connectivity index (χ3v) is 5.52. The van der Waals surface area contributed by atoms with Crippen LogP contribution in [0.3, 0.4) is 0 Å². The van der Waals surface area contributed by atoms with Crippen molar-refractivity contribution in [2.24, 2.45) is 0 Å². The summed E-state index contributed by atoms with van der Waals surface area (Å²) in [6, 6.07) is 12.0. The quantitative estimate of drug-likeness (QED) is 0.439. The van der Waals surface area contributed by atoms with E-state index in [0.29, 0.717) is 41.3 Å². The van der Waals surface area contributed by atoms with Crippen molar-refractivity contribution in [1.29, 1.82) is 0 Å². The normalized spacial score (nSPS) is 11.4. The van der Waals surface area contributed by atoms with Crippen LogP contribution in [-0.4, -0.2) is 30.8 Å². The summed E-state index contributed by atoms with van der Waals surface area (Å²) in [5, 5.41) is 11.3. The van der Waals surface area contributed by atoms with Crippen molar-refractivity contribution < 1.29 is 9.32 Å². The van der Waals surface area contributed by atoms with Crippen molar-refractivity contribution >= 4 is 5.91 Å². The molecule has 0 radical (unpaired) electrons. The van der Waals surface area contributed by atoms with Gasteiger partial charge in [0.2, 0.25) is 0 Å².